The molecule has 0 unspecified atom stereocenters. The van der Waals surface area contributed by atoms with Crippen molar-refractivity contribution in [3.63, 3.8) is 0 Å². The molecule has 2 aliphatic heterocycles. The van der Waals surface area contributed by atoms with Gasteiger partial charge in [0.25, 0.3) is 0 Å². The number of carboxylic acids is 1. The highest BCUT2D eigenvalue weighted by molar-refractivity contribution is 5.87. The van der Waals surface area contributed by atoms with Crippen LogP contribution in [0.3, 0.4) is 0 Å². The number of hydrogen-bond donors (Lipinski definition) is 3. The number of hydrogen-bond acceptors (Lipinski definition) is 9. The van der Waals surface area contributed by atoms with E-state index in [0.29, 0.717) is 0 Å². The highest BCUT2D eigenvalue weighted by Gasteiger charge is 2.45. The number of esters is 2. The number of aliphatic carboxylic acids is 1. The Labute approximate surface area is 149 Å². The minimum atomic E-state index is -1.33. The highest BCUT2D eigenvalue weighted by atomic mass is 16.6. The Balaban J connectivity index is 1.90. The molecule has 4 atom stereocenters. The molecule has 2 heterocycles. The normalized spacial score (nSPS) is 27.8. The van der Waals surface area contributed by atoms with Gasteiger partial charge >= 0.3 is 17.9 Å². The summed E-state index contributed by atoms with van der Waals surface area (Å²) in [4.78, 5) is 35.0. The second-order valence-electron chi connectivity index (χ2n) is 5.80. The topological polar surface area (TPSA) is 143 Å². The molecule has 144 valence electrons. The third-order valence-corrected chi connectivity index (χ3v) is 4.00. The summed E-state index contributed by atoms with van der Waals surface area (Å²) in [6.07, 6.45) is -0.301. The number of aliphatic hydroxyl groups is 2. The van der Waals surface area contributed by atoms with Gasteiger partial charge in [0.1, 0.15) is 24.9 Å². The molecule has 10 heteroatoms. The van der Waals surface area contributed by atoms with Gasteiger partial charge in [0.15, 0.2) is 6.23 Å². The Hall–Kier alpha value is -2.43. The van der Waals surface area contributed by atoms with Crippen molar-refractivity contribution in [1.82, 2.24) is 4.90 Å². The quantitative estimate of drug-likeness (QED) is 0.483. The Morgan fingerprint density at radius 1 is 1.23 bits per heavy atom. The third-order valence-electron chi connectivity index (χ3n) is 4.00. The number of rotatable bonds is 7. The van der Waals surface area contributed by atoms with Gasteiger partial charge in [-0.3, -0.25) is 9.59 Å². The van der Waals surface area contributed by atoms with Crippen LogP contribution in [-0.2, 0) is 28.6 Å². The first kappa shape index (κ1) is 19.9. The molecule has 2 aliphatic rings. The first-order valence-electron chi connectivity index (χ1n) is 7.95. The Morgan fingerprint density at radius 3 is 2.58 bits per heavy atom. The number of carboxylic acid groups (broad SMARTS) is 1. The predicted molar refractivity (Wildman–Crippen MR) is 84.2 cm³/mol. The lowest BCUT2D eigenvalue weighted by atomic mass is 10.1. The van der Waals surface area contributed by atoms with Crippen LogP contribution in [-0.4, -0.2) is 76.4 Å². The third kappa shape index (κ3) is 4.81. The van der Waals surface area contributed by atoms with E-state index < -0.39 is 42.4 Å². The van der Waals surface area contributed by atoms with Gasteiger partial charge in [-0.1, -0.05) is 6.08 Å². The molecule has 1 fully saturated rings. The number of aliphatic hydroxyl groups excluding tert-OH is 2. The zero-order valence-electron chi connectivity index (χ0n) is 14.1. The van der Waals surface area contributed by atoms with E-state index in [0.717, 1.165) is 0 Å². The number of carbonyl (C=O) groups is 3. The minimum Gasteiger partial charge on any atom is -0.478 e. The molecule has 26 heavy (non-hydrogen) atoms. The van der Waals surface area contributed by atoms with Crippen molar-refractivity contribution >= 4 is 17.9 Å². The van der Waals surface area contributed by atoms with Gasteiger partial charge in [0.05, 0.1) is 25.5 Å². The van der Waals surface area contributed by atoms with E-state index in [-0.39, 0.29) is 31.4 Å². The van der Waals surface area contributed by atoms with Crippen molar-refractivity contribution in [3.8, 4) is 0 Å². The lowest BCUT2D eigenvalue weighted by Gasteiger charge is -2.28. The molecule has 0 aromatic carbocycles. The van der Waals surface area contributed by atoms with Crippen LogP contribution in [0.5, 0.6) is 0 Å². The lowest BCUT2D eigenvalue weighted by Crippen LogP contribution is -2.40. The number of ether oxygens (including phenoxy) is 3. The van der Waals surface area contributed by atoms with Crippen LogP contribution in [0.4, 0.5) is 0 Å². The molecule has 0 aliphatic carbocycles. The van der Waals surface area contributed by atoms with Crippen molar-refractivity contribution in [2.75, 3.05) is 13.7 Å². The summed E-state index contributed by atoms with van der Waals surface area (Å²) in [5.74, 6) is -2.31. The Kier molecular flexibility index (Phi) is 6.72. The standard InChI is InChI=1S/C16H21NO9/c1-24-11(18)4-5-12(19)25-8-10-13(20)14(21)15(26-10)17-6-2-3-9(7-17)16(22)23/h2,6-7,10,13-15,20-21H,3-5,8H2,1H3,(H,22,23)/t10-,13-,14-,15-/m1/s1. The van der Waals surface area contributed by atoms with E-state index in [2.05, 4.69) is 4.74 Å². The zero-order chi connectivity index (χ0) is 19.3. The van der Waals surface area contributed by atoms with E-state index in [4.69, 9.17) is 14.6 Å². The molecule has 0 amide bonds. The molecule has 0 saturated carbocycles. The van der Waals surface area contributed by atoms with Gasteiger partial charge in [-0.2, -0.15) is 0 Å². The van der Waals surface area contributed by atoms with E-state index in [9.17, 15) is 24.6 Å². The molecule has 3 N–H and O–H groups in total. The molecule has 0 radical (unpaired) electrons. The maximum absolute atomic E-state index is 11.6. The van der Waals surface area contributed by atoms with Crippen LogP contribution < -0.4 is 0 Å². The minimum absolute atomic E-state index is 0.107. The zero-order valence-corrected chi connectivity index (χ0v) is 14.1. The average Bonchev–Trinajstić information content (AvgIpc) is 2.92. The SMILES string of the molecule is COC(=O)CCC(=O)OC[C@H]1O[C@@H](N2C=CCC(C(=O)O)=C2)[C@H](O)[C@@H]1O. The van der Waals surface area contributed by atoms with Crippen molar-refractivity contribution < 1.29 is 43.9 Å². The largest absolute Gasteiger partial charge is 0.478 e. The molecule has 0 bridgehead atoms. The number of allylic oxidation sites excluding steroid dienone is 1. The van der Waals surface area contributed by atoms with Crippen LogP contribution in [0.1, 0.15) is 19.3 Å². The van der Waals surface area contributed by atoms with Gasteiger partial charge in [-0.15, -0.1) is 0 Å². The van der Waals surface area contributed by atoms with E-state index in [1.165, 1.54) is 24.4 Å². The van der Waals surface area contributed by atoms with Gasteiger partial charge in [0, 0.05) is 18.8 Å². The summed E-state index contributed by atoms with van der Waals surface area (Å²) in [5.41, 5.74) is 0.107. The van der Waals surface area contributed by atoms with E-state index in [1.807, 2.05) is 0 Å². The maximum atomic E-state index is 11.6. The molecular weight excluding hydrogens is 350 g/mol. The summed E-state index contributed by atoms with van der Waals surface area (Å²) in [7, 11) is 1.21. The second kappa shape index (κ2) is 8.79. The predicted octanol–water partition coefficient (Wildman–Crippen LogP) is -0.883. The summed E-state index contributed by atoms with van der Waals surface area (Å²) < 4.78 is 14.9. The number of carbonyl (C=O) groups excluding carboxylic acids is 2. The Morgan fingerprint density at radius 2 is 1.92 bits per heavy atom. The van der Waals surface area contributed by atoms with Crippen molar-refractivity contribution in [3.05, 3.63) is 24.0 Å². The molecule has 0 spiro atoms. The monoisotopic (exact) mass is 371 g/mol. The fraction of sp³-hybridized carbons (Fsp3) is 0.562. The lowest BCUT2D eigenvalue weighted by molar-refractivity contribution is -0.153. The Bertz CT molecular complexity index is 615. The smallest absolute Gasteiger partial charge is 0.333 e. The van der Waals surface area contributed by atoms with Gasteiger partial charge in [-0.05, 0) is 0 Å². The van der Waals surface area contributed by atoms with Crippen LogP contribution >= 0.6 is 0 Å². The molecule has 10 nitrogen and oxygen atoms in total. The summed E-state index contributed by atoms with van der Waals surface area (Å²) in [6.45, 7) is -0.318. The molecule has 0 aromatic heterocycles. The van der Waals surface area contributed by atoms with Crippen LogP contribution in [0, 0.1) is 0 Å². The van der Waals surface area contributed by atoms with E-state index >= 15 is 0 Å². The van der Waals surface area contributed by atoms with Crippen molar-refractivity contribution in [2.24, 2.45) is 0 Å². The van der Waals surface area contributed by atoms with Crippen LogP contribution in [0.2, 0.25) is 0 Å². The van der Waals surface area contributed by atoms with Gasteiger partial charge < -0.3 is 34.4 Å². The molecular formula is C16H21NO9. The van der Waals surface area contributed by atoms with Crippen molar-refractivity contribution in [2.45, 2.75) is 43.8 Å². The summed E-state index contributed by atoms with van der Waals surface area (Å²) >= 11 is 0. The van der Waals surface area contributed by atoms with Crippen LogP contribution in [0.15, 0.2) is 24.0 Å². The second-order valence-corrected chi connectivity index (χ2v) is 5.80. The number of methoxy groups -OCH3 is 1. The van der Waals surface area contributed by atoms with Gasteiger partial charge in [-0.25, -0.2) is 4.79 Å². The molecule has 1 saturated heterocycles. The summed E-state index contributed by atoms with van der Waals surface area (Å²) in [6, 6.07) is 0. The van der Waals surface area contributed by atoms with Crippen molar-refractivity contribution in [1.29, 1.82) is 0 Å². The highest BCUT2D eigenvalue weighted by Crippen LogP contribution is 2.27. The van der Waals surface area contributed by atoms with Gasteiger partial charge in [0.2, 0.25) is 0 Å². The fourth-order valence-electron chi connectivity index (χ4n) is 2.54. The van der Waals surface area contributed by atoms with Crippen LogP contribution in [0.25, 0.3) is 0 Å². The molecule has 0 aromatic rings. The van der Waals surface area contributed by atoms with E-state index in [1.54, 1.807) is 6.08 Å². The average molecular weight is 371 g/mol. The summed E-state index contributed by atoms with van der Waals surface area (Å²) in [5, 5.41) is 29.3. The number of nitrogens with zero attached hydrogens (tertiary/aromatic N) is 1. The fourth-order valence-corrected chi connectivity index (χ4v) is 2.54. The maximum Gasteiger partial charge on any atom is 0.333 e. The first-order valence-corrected chi connectivity index (χ1v) is 7.95. The first-order chi connectivity index (χ1) is 12.3. The molecule has 2 rings (SSSR count).